The molecule has 6 heteroatoms. The zero-order chi connectivity index (χ0) is 14.7. The van der Waals surface area contributed by atoms with Crippen molar-refractivity contribution in [1.82, 2.24) is 20.8 Å². The fraction of sp³-hybridized carbons (Fsp3) is 0. The predicted molar refractivity (Wildman–Crippen MR) is 77.5 cm³/mol. The Balaban J connectivity index is 1.71. The predicted octanol–water partition coefficient (Wildman–Crippen LogP) is 1.64. The first-order valence-corrected chi connectivity index (χ1v) is 6.32. The number of pyridine rings is 1. The van der Waals surface area contributed by atoms with E-state index in [1.54, 1.807) is 18.3 Å². The maximum absolute atomic E-state index is 12.1. The van der Waals surface area contributed by atoms with E-state index in [1.165, 1.54) is 12.4 Å². The molecule has 0 atom stereocenters. The summed E-state index contributed by atoms with van der Waals surface area (Å²) in [5, 5.41) is 0.799. The van der Waals surface area contributed by atoms with Crippen molar-refractivity contribution >= 4 is 22.7 Å². The number of H-pyrrole nitrogens is 1. The van der Waals surface area contributed by atoms with Crippen molar-refractivity contribution in [2.75, 3.05) is 0 Å². The van der Waals surface area contributed by atoms with Crippen LogP contribution in [0.1, 0.15) is 20.7 Å². The van der Waals surface area contributed by atoms with Gasteiger partial charge in [-0.15, -0.1) is 0 Å². The van der Waals surface area contributed by atoms with Crippen molar-refractivity contribution in [3.8, 4) is 0 Å². The number of hydrazine groups is 1. The zero-order valence-corrected chi connectivity index (χ0v) is 11.0. The van der Waals surface area contributed by atoms with Gasteiger partial charge in [0.1, 0.15) is 0 Å². The smallest absolute Gasteiger partial charge is 0.271 e. The molecule has 0 aliphatic rings. The summed E-state index contributed by atoms with van der Waals surface area (Å²) in [5.74, 6) is -0.777. The van der Waals surface area contributed by atoms with Crippen molar-refractivity contribution in [2.24, 2.45) is 0 Å². The number of carbonyl (C=O) groups excluding carboxylic acids is 2. The molecule has 3 N–H and O–H groups in total. The van der Waals surface area contributed by atoms with Crippen molar-refractivity contribution in [3.63, 3.8) is 0 Å². The van der Waals surface area contributed by atoms with E-state index in [4.69, 9.17) is 0 Å². The molecule has 1 aromatic carbocycles. The van der Waals surface area contributed by atoms with E-state index in [2.05, 4.69) is 20.8 Å². The summed E-state index contributed by atoms with van der Waals surface area (Å²) < 4.78 is 0. The van der Waals surface area contributed by atoms with Crippen molar-refractivity contribution in [3.05, 3.63) is 66.1 Å². The summed E-state index contributed by atoms with van der Waals surface area (Å²) in [6.45, 7) is 0. The minimum Gasteiger partial charge on any atom is -0.360 e. The van der Waals surface area contributed by atoms with Crippen LogP contribution in [0.3, 0.4) is 0 Å². The summed E-state index contributed by atoms with van der Waals surface area (Å²) >= 11 is 0. The molecular weight excluding hydrogens is 268 g/mol. The average Bonchev–Trinajstić information content (AvgIpc) is 2.97. The highest BCUT2D eigenvalue weighted by Crippen LogP contribution is 2.17. The Labute approximate surface area is 120 Å². The van der Waals surface area contributed by atoms with E-state index < -0.39 is 5.91 Å². The summed E-state index contributed by atoms with van der Waals surface area (Å²) in [6, 6.07) is 10.6. The van der Waals surface area contributed by atoms with Crippen LogP contribution in [0.15, 0.2) is 55.0 Å². The van der Waals surface area contributed by atoms with Gasteiger partial charge in [-0.05, 0) is 18.2 Å². The van der Waals surface area contributed by atoms with Gasteiger partial charge in [0.15, 0.2) is 0 Å². The second-order valence-corrected chi connectivity index (χ2v) is 4.39. The minimum atomic E-state index is -0.398. The van der Waals surface area contributed by atoms with Crippen LogP contribution in [-0.2, 0) is 0 Å². The summed E-state index contributed by atoms with van der Waals surface area (Å²) in [4.78, 5) is 30.8. The van der Waals surface area contributed by atoms with Gasteiger partial charge in [-0.2, -0.15) is 0 Å². The van der Waals surface area contributed by atoms with Crippen molar-refractivity contribution < 1.29 is 9.59 Å². The Hall–Kier alpha value is -3.15. The van der Waals surface area contributed by atoms with Gasteiger partial charge in [0.2, 0.25) is 0 Å². The van der Waals surface area contributed by atoms with Crippen LogP contribution in [0.25, 0.3) is 10.9 Å². The lowest BCUT2D eigenvalue weighted by Crippen LogP contribution is -2.41. The van der Waals surface area contributed by atoms with Crippen LogP contribution >= 0.6 is 0 Å². The molecule has 0 aliphatic heterocycles. The Morgan fingerprint density at radius 2 is 1.67 bits per heavy atom. The number of nitrogens with one attached hydrogen (secondary N) is 3. The van der Waals surface area contributed by atoms with E-state index in [9.17, 15) is 9.59 Å². The van der Waals surface area contributed by atoms with Crippen molar-refractivity contribution in [1.29, 1.82) is 0 Å². The Bertz CT molecular complexity index is 796. The van der Waals surface area contributed by atoms with Crippen LogP contribution in [0.2, 0.25) is 0 Å². The monoisotopic (exact) mass is 280 g/mol. The van der Waals surface area contributed by atoms with Crippen LogP contribution in [0.4, 0.5) is 0 Å². The molecule has 0 radical (unpaired) electrons. The van der Waals surface area contributed by atoms with Gasteiger partial charge in [-0.1, -0.05) is 18.2 Å². The van der Waals surface area contributed by atoms with Gasteiger partial charge in [0, 0.05) is 35.1 Å². The first kappa shape index (κ1) is 12.9. The third kappa shape index (κ3) is 2.59. The standard InChI is InChI=1S/C15H12N4O2/c20-14(10-5-7-16-8-6-10)18-19-15(21)12-9-17-13-4-2-1-3-11(12)13/h1-9,17H,(H,18,20)(H,19,21). The number of aromatic amines is 1. The maximum atomic E-state index is 12.1. The van der Waals surface area contributed by atoms with Gasteiger partial charge in [0.25, 0.3) is 11.8 Å². The number of rotatable bonds is 2. The summed E-state index contributed by atoms with van der Waals surface area (Å²) in [5.41, 5.74) is 6.53. The minimum absolute atomic E-state index is 0.380. The number of hydrogen-bond acceptors (Lipinski definition) is 3. The highest BCUT2D eigenvalue weighted by Gasteiger charge is 2.12. The Morgan fingerprint density at radius 3 is 2.48 bits per heavy atom. The zero-order valence-electron chi connectivity index (χ0n) is 11.0. The van der Waals surface area contributed by atoms with E-state index in [1.807, 2.05) is 24.3 Å². The topological polar surface area (TPSA) is 86.9 Å². The van der Waals surface area contributed by atoms with Gasteiger partial charge < -0.3 is 4.98 Å². The highest BCUT2D eigenvalue weighted by atomic mass is 16.2. The first-order valence-electron chi connectivity index (χ1n) is 6.32. The number of aromatic nitrogens is 2. The Morgan fingerprint density at radius 1 is 0.952 bits per heavy atom. The van der Waals surface area contributed by atoms with Crippen LogP contribution in [0.5, 0.6) is 0 Å². The Kier molecular flexibility index (Phi) is 3.34. The largest absolute Gasteiger partial charge is 0.360 e. The quantitative estimate of drug-likeness (QED) is 0.624. The molecule has 2 amide bonds. The van der Waals surface area contributed by atoms with E-state index >= 15 is 0 Å². The molecule has 0 saturated heterocycles. The number of amides is 2. The lowest BCUT2D eigenvalue weighted by atomic mass is 10.2. The van der Waals surface area contributed by atoms with Gasteiger partial charge in [-0.3, -0.25) is 25.4 Å². The normalized spacial score (nSPS) is 10.3. The second-order valence-electron chi connectivity index (χ2n) is 4.39. The third-order valence-electron chi connectivity index (χ3n) is 3.07. The van der Waals surface area contributed by atoms with Gasteiger partial charge in [-0.25, -0.2) is 0 Å². The molecule has 2 aromatic heterocycles. The van der Waals surface area contributed by atoms with E-state index in [0.717, 1.165) is 10.9 Å². The number of hydrogen-bond donors (Lipinski definition) is 3. The average molecular weight is 280 g/mol. The lowest BCUT2D eigenvalue weighted by molar-refractivity contribution is 0.0847. The number of carbonyl (C=O) groups is 2. The molecule has 0 saturated carbocycles. The molecule has 0 fully saturated rings. The summed E-state index contributed by atoms with van der Waals surface area (Å²) in [6.07, 6.45) is 4.63. The number of para-hydroxylation sites is 1. The number of benzene rings is 1. The molecule has 104 valence electrons. The number of nitrogens with zero attached hydrogens (tertiary/aromatic N) is 1. The molecule has 0 aliphatic carbocycles. The molecule has 2 heterocycles. The van der Waals surface area contributed by atoms with Gasteiger partial charge >= 0.3 is 0 Å². The lowest BCUT2D eigenvalue weighted by Gasteiger charge is -2.06. The molecule has 0 spiro atoms. The van der Waals surface area contributed by atoms with E-state index in [-0.39, 0.29) is 5.91 Å². The van der Waals surface area contributed by atoms with Crippen molar-refractivity contribution in [2.45, 2.75) is 0 Å². The summed E-state index contributed by atoms with van der Waals surface area (Å²) in [7, 11) is 0. The second kappa shape index (κ2) is 5.46. The van der Waals surface area contributed by atoms with Crippen LogP contribution < -0.4 is 10.9 Å². The molecule has 0 bridgehead atoms. The fourth-order valence-corrected chi connectivity index (χ4v) is 2.02. The molecule has 3 rings (SSSR count). The van der Waals surface area contributed by atoms with Crippen LogP contribution in [0, 0.1) is 0 Å². The van der Waals surface area contributed by atoms with Gasteiger partial charge in [0.05, 0.1) is 5.56 Å². The molecule has 6 nitrogen and oxygen atoms in total. The first-order chi connectivity index (χ1) is 10.3. The number of fused-ring (bicyclic) bond motifs is 1. The van der Waals surface area contributed by atoms with Crippen LogP contribution in [-0.4, -0.2) is 21.8 Å². The highest BCUT2D eigenvalue weighted by molar-refractivity contribution is 6.07. The third-order valence-corrected chi connectivity index (χ3v) is 3.07. The molecule has 0 unspecified atom stereocenters. The van der Waals surface area contributed by atoms with E-state index in [0.29, 0.717) is 11.1 Å². The SMILES string of the molecule is O=C(NNC(=O)c1c[nH]c2ccccc12)c1ccncc1. The molecular formula is C15H12N4O2. The molecule has 21 heavy (non-hydrogen) atoms. The maximum Gasteiger partial charge on any atom is 0.271 e. The molecule has 3 aromatic rings. The fourth-order valence-electron chi connectivity index (χ4n) is 2.02.